The number of rotatable bonds is 6. The molecule has 3 N–H and O–H groups in total. The van der Waals surface area contributed by atoms with Crippen molar-refractivity contribution in [3.63, 3.8) is 0 Å². The summed E-state index contributed by atoms with van der Waals surface area (Å²) in [6.07, 6.45) is 4.04. The molecule has 1 unspecified atom stereocenters. The Kier molecular flexibility index (Phi) is 4.28. The van der Waals surface area contributed by atoms with Gasteiger partial charge in [0.25, 0.3) is 0 Å². The molecule has 1 aliphatic rings. The molecule has 2 aromatic heterocycles. The van der Waals surface area contributed by atoms with Gasteiger partial charge in [0.15, 0.2) is 11.6 Å². The standard InChI is InChI=1S/C18H19ClN6/c1-11(12-5-3-2-4-6-12)21-18-20-10-14(19)17(23-18)22-16-9-15(24-25-16)13-7-8-13/h2-6,9-11,13H,7-8H2,1H3,(H3,20,21,22,23,24,25). The summed E-state index contributed by atoms with van der Waals surface area (Å²) in [7, 11) is 0. The first-order valence-corrected chi connectivity index (χ1v) is 8.73. The predicted octanol–water partition coefficient (Wildman–Crippen LogP) is 4.65. The summed E-state index contributed by atoms with van der Waals surface area (Å²) in [5.74, 6) is 2.38. The molecular weight excluding hydrogens is 336 g/mol. The van der Waals surface area contributed by atoms with E-state index in [9.17, 15) is 0 Å². The molecule has 0 bridgehead atoms. The van der Waals surface area contributed by atoms with Crippen LogP contribution in [0.4, 0.5) is 17.6 Å². The van der Waals surface area contributed by atoms with Crippen LogP contribution >= 0.6 is 11.6 Å². The Labute approximate surface area is 151 Å². The zero-order valence-electron chi connectivity index (χ0n) is 13.8. The van der Waals surface area contributed by atoms with Crippen LogP contribution in [0.1, 0.15) is 43.0 Å². The van der Waals surface area contributed by atoms with E-state index >= 15 is 0 Å². The highest BCUT2D eigenvalue weighted by atomic mass is 35.5. The Morgan fingerprint density at radius 1 is 1.24 bits per heavy atom. The van der Waals surface area contributed by atoms with E-state index in [0.717, 1.165) is 11.3 Å². The molecule has 1 atom stereocenters. The quantitative estimate of drug-likeness (QED) is 0.600. The Bertz CT molecular complexity index is 859. The zero-order chi connectivity index (χ0) is 17.2. The average molecular weight is 355 g/mol. The largest absolute Gasteiger partial charge is 0.348 e. The monoisotopic (exact) mass is 354 g/mol. The number of nitrogens with one attached hydrogen (secondary N) is 3. The molecule has 2 heterocycles. The smallest absolute Gasteiger partial charge is 0.225 e. The molecule has 128 valence electrons. The van der Waals surface area contributed by atoms with E-state index in [0.29, 0.717) is 28.5 Å². The van der Waals surface area contributed by atoms with Gasteiger partial charge in [-0.2, -0.15) is 10.1 Å². The molecule has 6 nitrogen and oxygen atoms in total. The molecule has 4 rings (SSSR count). The highest BCUT2D eigenvalue weighted by Crippen LogP contribution is 2.39. The van der Waals surface area contributed by atoms with Gasteiger partial charge in [-0.1, -0.05) is 41.9 Å². The normalized spacial score (nSPS) is 15.0. The number of benzene rings is 1. The fraction of sp³-hybridized carbons (Fsp3) is 0.278. The summed E-state index contributed by atoms with van der Waals surface area (Å²) in [5, 5.41) is 14.2. The lowest BCUT2D eigenvalue weighted by molar-refractivity contribution is 0.861. The second kappa shape index (κ2) is 6.72. The van der Waals surface area contributed by atoms with Crippen molar-refractivity contribution >= 4 is 29.2 Å². The maximum absolute atomic E-state index is 6.23. The first kappa shape index (κ1) is 15.9. The second-order valence-corrected chi connectivity index (χ2v) is 6.68. The summed E-state index contributed by atoms with van der Waals surface area (Å²) < 4.78 is 0. The van der Waals surface area contributed by atoms with Gasteiger partial charge in [0.05, 0.1) is 12.2 Å². The van der Waals surface area contributed by atoms with Crippen LogP contribution in [0, 0.1) is 0 Å². The van der Waals surface area contributed by atoms with E-state index in [1.54, 1.807) is 6.20 Å². The number of nitrogens with zero attached hydrogens (tertiary/aromatic N) is 3. The second-order valence-electron chi connectivity index (χ2n) is 6.27. The summed E-state index contributed by atoms with van der Waals surface area (Å²) >= 11 is 6.23. The summed E-state index contributed by atoms with van der Waals surface area (Å²) in [6, 6.07) is 12.2. The minimum Gasteiger partial charge on any atom is -0.348 e. The fourth-order valence-electron chi connectivity index (χ4n) is 2.67. The summed E-state index contributed by atoms with van der Waals surface area (Å²) in [6.45, 7) is 2.07. The molecule has 1 fully saturated rings. The number of aromatic amines is 1. The van der Waals surface area contributed by atoms with Gasteiger partial charge < -0.3 is 10.6 Å². The Morgan fingerprint density at radius 2 is 2.04 bits per heavy atom. The van der Waals surface area contributed by atoms with Crippen molar-refractivity contribution < 1.29 is 0 Å². The molecule has 25 heavy (non-hydrogen) atoms. The van der Waals surface area contributed by atoms with E-state index in [2.05, 4.69) is 49.9 Å². The molecule has 0 radical (unpaired) electrons. The average Bonchev–Trinajstić information content (AvgIpc) is 3.38. The predicted molar refractivity (Wildman–Crippen MR) is 99.4 cm³/mol. The third-order valence-electron chi connectivity index (χ3n) is 4.25. The van der Waals surface area contributed by atoms with E-state index in [4.69, 9.17) is 11.6 Å². The lowest BCUT2D eigenvalue weighted by Gasteiger charge is -2.15. The molecule has 0 aliphatic heterocycles. The number of halogens is 1. The van der Waals surface area contributed by atoms with Crippen molar-refractivity contribution in [3.05, 3.63) is 58.9 Å². The molecule has 0 spiro atoms. The van der Waals surface area contributed by atoms with Crippen LogP contribution in [0.25, 0.3) is 0 Å². The number of hydrogen-bond acceptors (Lipinski definition) is 5. The highest BCUT2D eigenvalue weighted by Gasteiger charge is 2.25. The van der Waals surface area contributed by atoms with E-state index < -0.39 is 0 Å². The molecule has 1 aromatic carbocycles. The lowest BCUT2D eigenvalue weighted by atomic mass is 10.1. The van der Waals surface area contributed by atoms with Crippen LogP contribution < -0.4 is 10.6 Å². The number of aromatic nitrogens is 4. The van der Waals surface area contributed by atoms with Gasteiger partial charge >= 0.3 is 0 Å². The molecule has 0 saturated heterocycles. The first-order chi connectivity index (χ1) is 12.2. The lowest BCUT2D eigenvalue weighted by Crippen LogP contribution is -2.10. The first-order valence-electron chi connectivity index (χ1n) is 8.35. The van der Waals surface area contributed by atoms with Gasteiger partial charge in [0.1, 0.15) is 5.02 Å². The SMILES string of the molecule is CC(Nc1ncc(Cl)c(Nc2cc(C3CC3)[nH]n2)n1)c1ccccc1. The fourth-order valence-corrected chi connectivity index (χ4v) is 2.81. The number of hydrogen-bond donors (Lipinski definition) is 3. The Hall–Kier alpha value is -2.60. The summed E-state index contributed by atoms with van der Waals surface area (Å²) in [5.41, 5.74) is 2.32. The molecule has 1 saturated carbocycles. The molecule has 3 aromatic rings. The van der Waals surface area contributed by atoms with Crippen molar-refractivity contribution in [3.8, 4) is 0 Å². The van der Waals surface area contributed by atoms with Crippen molar-refractivity contribution in [2.24, 2.45) is 0 Å². The minimum atomic E-state index is 0.0853. The number of H-pyrrole nitrogens is 1. The van der Waals surface area contributed by atoms with E-state index in [-0.39, 0.29) is 6.04 Å². The topological polar surface area (TPSA) is 78.5 Å². The van der Waals surface area contributed by atoms with Gasteiger partial charge in [0, 0.05) is 17.7 Å². The summed E-state index contributed by atoms with van der Waals surface area (Å²) in [4.78, 5) is 8.75. The molecule has 7 heteroatoms. The van der Waals surface area contributed by atoms with Crippen molar-refractivity contribution in [1.82, 2.24) is 20.2 Å². The Morgan fingerprint density at radius 3 is 2.80 bits per heavy atom. The van der Waals surface area contributed by atoms with Crippen molar-refractivity contribution in [2.45, 2.75) is 31.7 Å². The highest BCUT2D eigenvalue weighted by molar-refractivity contribution is 6.32. The third-order valence-corrected chi connectivity index (χ3v) is 4.53. The van der Waals surface area contributed by atoms with E-state index in [1.165, 1.54) is 12.8 Å². The van der Waals surface area contributed by atoms with Crippen molar-refractivity contribution in [1.29, 1.82) is 0 Å². The van der Waals surface area contributed by atoms with Crippen LogP contribution in [0.2, 0.25) is 5.02 Å². The molecule has 1 aliphatic carbocycles. The van der Waals surface area contributed by atoms with Crippen LogP contribution in [0.5, 0.6) is 0 Å². The third kappa shape index (κ3) is 3.74. The van der Waals surface area contributed by atoms with Gasteiger partial charge in [-0.3, -0.25) is 5.10 Å². The maximum Gasteiger partial charge on any atom is 0.225 e. The number of anilines is 3. The zero-order valence-corrected chi connectivity index (χ0v) is 14.6. The van der Waals surface area contributed by atoms with Gasteiger partial charge in [-0.15, -0.1) is 0 Å². The molecular formula is C18H19ClN6. The van der Waals surface area contributed by atoms with E-state index in [1.807, 2.05) is 24.3 Å². The van der Waals surface area contributed by atoms with Crippen LogP contribution in [0.3, 0.4) is 0 Å². The van der Waals surface area contributed by atoms with Crippen LogP contribution in [0.15, 0.2) is 42.6 Å². The minimum absolute atomic E-state index is 0.0853. The molecule has 0 amide bonds. The Balaban J connectivity index is 1.49. The van der Waals surface area contributed by atoms with Crippen LogP contribution in [-0.2, 0) is 0 Å². The van der Waals surface area contributed by atoms with Crippen molar-refractivity contribution in [2.75, 3.05) is 10.6 Å². The van der Waals surface area contributed by atoms with Gasteiger partial charge in [-0.25, -0.2) is 4.98 Å². The van der Waals surface area contributed by atoms with Gasteiger partial charge in [0.2, 0.25) is 5.95 Å². The maximum atomic E-state index is 6.23. The van der Waals surface area contributed by atoms with Gasteiger partial charge in [-0.05, 0) is 25.3 Å². The van der Waals surface area contributed by atoms with Crippen LogP contribution in [-0.4, -0.2) is 20.2 Å².